The number of carbonyl (C=O) groups excluding carboxylic acids is 1. The first-order chi connectivity index (χ1) is 20.2. The lowest BCUT2D eigenvalue weighted by molar-refractivity contribution is 0.0744. The number of hydrazine groups is 1. The lowest BCUT2D eigenvalue weighted by Gasteiger charge is -2.21. The van der Waals surface area contributed by atoms with E-state index >= 15 is 0 Å². The number of amides is 1. The zero-order chi connectivity index (χ0) is 30.0. The first-order valence-electron chi connectivity index (χ1n) is 13.2. The highest BCUT2D eigenvalue weighted by Crippen LogP contribution is 2.42. The number of fused-ring (bicyclic) bond motifs is 1. The van der Waals surface area contributed by atoms with Gasteiger partial charge in [0.15, 0.2) is 0 Å². The second kappa shape index (κ2) is 12.2. The van der Waals surface area contributed by atoms with Crippen LogP contribution in [0, 0.1) is 11.6 Å². The highest BCUT2D eigenvalue weighted by molar-refractivity contribution is 7.99. The average Bonchev–Trinajstić information content (AvgIpc) is 3.35. The van der Waals surface area contributed by atoms with Crippen molar-refractivity contribution in [2.45, 2.75) is 13.1 Å². The molecule has 7 nitrogen and oxygen atoms in total. The maximum atomic E-state index is 13.7. The monoisotopic (exact) mass is 587 g/mol. The van der Waals surface area contributed by atoms with Gasteiger partial charge in [0.2, 0.25) is 0 Å². The quantitative estimate of drug-likeness (QED) is 0.0589. The van der Waals surface area contributed by atoms with Gasteiger partial charge < -0.3 is 19.8 Å². The van der Waals surface area contributed by atoms with Crippen LogP contribution in [0.15, 0.2) is 83.3 Å². The molecule has 0 aliphatic rings. The summed E-state index contributed by atoms with van der Waals surface area (Å²) in [5, 5.41) is 5.16. The molecule has 42 heavy (non-hydrogen) atoms. The molecule has 0 atom stereocenters. The van der Waals surface area contributed by atoms with Gasteiger partial charge in [0.1, 0.15) is 23.0 Å². The third kappa shape index (κ3) is 5.82. The molecule has 1 aromatic heterocycles. The van der Waals surface area contributed by atoms with Crippen LogP contribution in [0.2, 0.25) is 0 Å². The highest BCUT2D eigenvalue weighted by Gasteiger charge is 2.22. The predicted molar refractivity (Wildman–Crippen MR) is 167 cm³/mol. The van der Waals surface area contributed by atoms with Crippen molar-refractivity contribution in [3.05, 3.63) is 107 Å². The number of halogens is 2. The Balaban J connectivity index is 1.61. The number of carbonyl (C=O) groups is 1. The topological polar surface area (TPSA) is 101 Å². The fourth-order valence-corrected chi connectivity index (χ4v) is 5.23. The van der Waals surface area contributed by atoms with Crippen LogP contribution in [0.5, 0.6) is 0 Å². The first kappa shape index (κ1) is 29.1. The van der Waals surface area contributed by atoms with Crippen molar-refractivity contribution in [2.24, 2.45) is 5.84 Å². The smallest absolute Gasteiger partial charge is 0.270 e. The maximum Gasteiger partial charge on any atom is 0.270 e. The molecule has 0 aliphatic carbocycles. The van der Waals surface area contributed by atoms with Crippen LogP contribution in [0.4, 0.5) is 20.2 Å². The van der Waals surface area contributed by atoms with E-state index in [4.69, 9.17) is 16.0 Å². The fraction of sp³-hybridized carbons (Fsp3) is 0.156. The van der Waals surface area contributed by atoms with Crippen molar-refractivity contribution in [2.75, 3.05) is 30.4 Å². The van der Waals surface area contributed by atoms with E-state index in [0.29, 0.717) is 23.5 Å². The van der Waals surface area contributed by atoms with E-state index in [-0.39, 0.29) is 29.4 Å². The van der Waals surface area contributed by atoms with Gasteiger partial charge in [0, 0.05) is 53.7 Å². The lowest BCUT2D eigenvalue weighted by Crippen LogP contribution is -2.37. The number of furan rings is 1. The number of nitrogen functional groups attached to an aromatic ring is 1. The molecule has 0 unspecified atom stereocenters. The zero-order valence-corrected chi connectivity index (χ0v) is 24.3. The molecule has 0 bridgehead atoms. The third-order valence-electron chi connectivity index (χ3n) is 7.10. The van der Waals surface area contributed by atoms with Crippen LogP contribution >= 0.6 is 11.9 Å². The Labute approximate surface area is 247 Å². The van der Waals surface area contributed by atoms with Gasteiger partial charge in [-0.15, -0.1) is 0 Å². The molecule has 0 aliphatic heterocycles. The molecule has 0 saturated heterocycles. The van der Waals surface area contributed by atoms with Gasteiger partial charge >= 0.3 is 0 Å². The Morgan fingerprint density at radius 2 is 1.60 bits per heavy atom. The van der Waals surface area contributed by atoms with Crippen molar-refractivity contribution < 1.29 is 18.0 Å². The van der Waals surface area contributed by atoms with E-state index < -0.39 is 5.91 Å². The van der Waals surface area contributed by atoms with Crippen molar-refractivity contribution in [1.82, 2.24) is 10.3 Å². The van der Waals surface area contributed by atoms with Crippen molar-refractivity contribution in [3.8, 4) is 22.5 Å². The minimum Gasteiger partial charge on any atom is -0.456 e. The van der Waals surface area contributed by atoms with Crippen molar-refractivity contribution in [3.63, 3.8) is 0 Å². The molecule has 4 aromatic carbocycles. The summed E-state index contributed by atoms with van der Waals surface area (Å²) in [7, 11) is 3.80. The van der Waals surface area contributed by atoms with Crippen molar-refractivity contribution >= 4 is 40.2 Å². The number of nitrogens with two attached hydrogens (primary N) is 2. The van der Waals surface area contributed by atoms with Gasteiger partial charge in [-0.25, -0.2) is 14.6 Å². The van der Waals surface area contributed by atoms with Crippen LogP contribution in [0.3, 0.4) is 0 Å². The van der Waals surface area contributed by atoms with E-state index in [1.165, 1.54) is 36.2 Å². The standard InChI is InChI=1S/C32H31F2N5O2S/c1-37-17-27-25-15-24(29(38(2)42-3)16-30(25)41-31(27)20-6-11-23(34)12-7-20)21-8-13-28(35)26(14-21)32(40)39(36)18-19-4-9-22(33)10-5-19/h4-16,37H,17-18,35-36H2,1-3H3. The molecule has 216 valence electrons. The van der Waals surface area contributed by atoms with Crippen LogP contribution < -0.4 is 21.2 Å². The molecular formula is C32H31F2N5O2S. The van der Waals surface area contributed by atoms with E-state index in [1.54, 1.807) is 36.4 Å². The van der Waals surface area contributed by atoms with E-state index in [1.807, 2.05) is 42.9 Å². The largest absolute Gasteiger partial charge is 0.456 e. The summed E-state index contributed by atoms with van der Waals surface area (Å²) < 4.78 is 35.4. The summed E-state index contributed by atoms with van der Waals surface area (Å²) in [5.41, 5.74) is 12.4. The van der Waals surface area contributed by atoms with Crippen LogP contribution in [0.25, 0.3) is 33.4 Å². The Kier molecular flexibility index (Phi) is 8.49. The normalized spacial score (nSPS) is 11.2. The Morgan fingerprint density at radius 3 is 2.24 bits per heavy atom. The molecule has 5 aromatic rings. The Hall–Kier alpha value is -4.38. The maximum absolute atomic E-state index is 13.7. The second-order valence-corrected chi connectivity index (χ2v) is 10.8. The Bertz CT molecular complexity index is 1740. The fourth-order valence-electron chi connectivity index (χ4n) is 4.88. The molecule has 0 saturated carbocycles. The summed E-state index contributed by atoms with van der Waals surface area (Å²) >= 11 is 1.53. The number of nitrogens with one attached hydrogen (secondary N) is 1. The number of rotatable bonds is 9. The van der Waals surface area contributed by atoms with Gasteiger partial charge in [-0.3, -0.25) is 9.80 Å². The SMILES string of the molecule is CNCc1c(-c2ccc(F)cc2)oc2cc(N(C)SC)c(-c3ccc(N)c(C(=O)N(N)Cc4ccc(F)cc4)c3)cc12. The van der Waals surface area contributed by atoms with Crippen LogP contribution in [-0.2, 0) is 13.1 Å². The highest BCUT2D eigenvalue weighted by atomic mass is 32.2. The summed E-state index contributed by atoms with van der Waals surface area (Å²) in [6.07, 6.45) is 1.96. The first-order valence-corrected chi connectivity index (χ1v) is 14.4. The number of anilines is 2. The van der Waals surface area contributed by atoms with Crippen LogP contribution in [0.1, 0.15) is 21.5 Å². The summed E-state index contributed by atoms with van der Waals surface area (Å²) in [4.78, 5) is 13.4. The lowest BCUT2D eigenvalue weighted by atomic mass is 9.96. The summed E-state index contributed by atoms with van der Waals surface area (Å²) in [6.45, 7) is 0.609. The zero-order valence-electron chi connectivity index (χ0n) is 23.4. The van der Waals surface area contributed by atoms with Gasteiger partial charge in [0.05, 0.1) is 17.8 Å². The van der Waals surface area contributed by atoms with Gasteiger partial charge in [-0.2, -0.15) is 0 Å². The Morgan fingerprint density at radius 1 is 0.952 bits per heavy atom. The third-order valence-corrected chi connectivity index (χ3v) is 7.85. The minimum absolute atomic E-state index is 0.0871. The van der Waals surface area contributed by atoms with Gasteiger partial charge in [-0.05, 0) is 72.8 Å². The number of hydrogen-bond donors (Lipinski definition) is 3. The van der Waals surface area contributed by atoms with E-state index in [2.05, 4.69) is 5.32 Å². The summed E-state index contributed by atoms with van der Waals surface area (Å²) in [6, 6.07) is 21.3. The van der Waals surface area contributed by atoms with Gasteiger partial charge in [-0.1, -0.05) is 30.1 Å². The van der Waals surface area contributed by atoms with E-state index in [9.17, 15) is 13.6 Å². The second-order valence-electron chi connectivity index (χ2n) is 9.85. The minimum atomic E-state index is -0.461. The predicted octanol–water partition coefficient (Wildman–Crippen LogP) is 6.58. The summed E-state index contributed by atoms with van der Waals surface area (Å²) in [5.74, 6) is 5.66. The molecule has 5 N–H and O–H groups in total. The molecule has 10 heteroatoms. The molecule has 5 rings (SSSR count). The molecule has 1 heterocycles. The number of hydrogen-bond acceptors (Lipinski definition) is 7. The van der Waals surface area contributed by atoms with Crippen LogP contribution in [-0.4, -0.2) is 31.3 Å². The molecule has 0 spiro atoms. The molecule has 0 radical (unpaired) electrons. The average molecular weight is 588 g/mol. The van der Waals surface area contributed by atoms with Gasteiger partial charge in [0.25, 0.3) is 5.91 Å². The molecule has 0 fully saturated rings. The van der Waals surface area contributed by atoms with Crippen molar-refractivity contribution in [1.29, 1.82) is 0 Å². The number of benzene rings is 4. The number of nitrogens with zero attached hydrogens (tertiary/aromatic N) is 2. The molecule has 1 amide bonds. The molecular weight excluding hydrogens is 556 g/mol. The van der Waals surface area contributed by atoms with E-state index in [0.717, 1.165) is 38.3 Å².